The van der Waals surface area contributed by atoms with Gasteiger partial charge in [0.25, 0.3) is 0 Å². The molecule has 1 aliphatic heterocycles. The molecule has 120 valence electrons. The van der Waals surface area contributed by atoms with E-state index >= 15 is 0 Å². The molecule has 0 bridgehead atoms. The lowest BCUT2D eigenvalue weighted by atomic mass is 9.90. The van der Waals surface area contributed by atoms with Crippen molar-refractivity contribution in [2.75, 3.05) is 13.1 Å². The Morgan fingerprint density at radius 3 is 2.32 bits per heavy atom. The topological polar surface area (TPSA) is 20.3 Å². The zero-order chi connectivity index (χ0) is 16.2. The number of benzene rings is 1. The highest BCUT2D eigenvalue weighted by molar-refractivity contribution is 5.87. The Hall–Kier alpha value is -1.78. The fourth-order valence-corrected chi connectivity index (χ4v) is 2.77. The summed E-state index contributed by atoms with van der Waals surface area (Å²) in [5.41, 5.74) is 0.314. The van der Waals surface area contributed by atoms with Crippen LogP contribution in [0.4, 0.5) is 13.2 Å². The number of hydrogen-bond donors (Lipinski definition) is 0. The average Bonchev–Trinajstić information content (AvgIpc) is 2.48. The Morgan fingerprint density at radius 1 is 1.23 bits per heavy atom. The van der Waals surface area contributed by atoms with E-state index in [1.54, 1.807) is 24.3 Å². The molecule has 5 heteroatoms. The maximum atomic E-state index is 12.5. The number of carbonyl (C=O) groups is 1. The molecule has 0 saturated carbocycles. The Balaban J connectivity index is 1.87. The van der Waals surface area contributed by atoms with Crippen LogP contribution in [-0.2, 0) is 17.4 Å². The van der Waals surface area contributed by atoms with Crippen molar-refractivity contribution in [1.29, 1.82) is 0 Å². The normalized spacial score (nSPS) is 17.2. The van der Waals surface area contributed by atoms with E-state index in [1.165, 1.54) is 0 Å². The van der Waals surface area contributed by atoms with Crippen LogP contribution >= 0.6 is 0 Å². The summed E-state index contributed by atoms with van der Waals surface area (Å²) in [7, 11) is 0. The molecule has 0 N–H and O–H groups in total. The van der Waals surface area contributed by atoms with Gasteiger partial charge < -0.3 is 4.90 Å². The van der Waals surface area contributed by atoms with Crippen LogP contribution in [0.15, 0.2) is 36.4 Å². The first-order chi connectivity index (χ1) is 10.4. The molecule has 1 aliphatic rings. The lowest BCUT2D eigenvalue weighted by Crippen LogP contribution is -2.37. The summed E-state index contributed by atoms with van der Waals surface area (Å²) in [4.78, 5) is 13.5. The van der Waals surface area contributed by atoms with Gasteiger partial charge in [-0.2, -0.15) is 13.2 Å². The van der Waals surface area contributed by atoms with E-state index < -0.39 is 11.7 Å². The molecule has 0 aliphatic carbocycles. The average molecular weight is 311 g/mol. The summed E-state index contributed by atoms with van der Waals surface area (Å²) in [5, 5.41) is 0. The Morgan fingerprint density at radius 2 is 1.82 bits per heavy atom. The van der Waals surface area contributed by atoms with Crippen molar-refractivity contribution in [2.45, 2.75) is 32.4 Å². The molecule has 22 heavy (non-hydrogen) atoms. The van der Waals surface area contributed by atoms with Gasteiger partial charge in [0.05, 0.1) is 5.56 Å². The van der Waals surface area contributed by atoms with Crippen LogP contribution in [0.3, 0.4) is 0 Å². The molecule has 1 aromatic rings. The number of likely N-dealkylation sites (tertiary alicyclic amines) is 1. The number of carbonyl (C=O) groups excluding carboxylic acids is 1. The van der Waals surface area contributed by atoms with Crippen molar-refractivity contribution in [3.8, 4) is 0 Å². The third-order valence-electron chi connectivity index (χ3n) is 4.04. The van der Waals surface area contributed by atoms with Crippen molar-refractivity contribution >= 4 is 5.91 Å². The fraction of sp³-hybridized carbons (Fsp3) is 0.471. The van der Waals surface area contributed by atoms with Crippen molar-refractivity contribution in [2.24, 2.45) is 5.92 Å². The zero-order valence-corrected chi connectivity index (χ0v) is 12.6. The van der Waals surface area contributed by atoms with Crippen LogP contribution in [0.25, 0.3) is 0 Å². The van der Waals surface area contributed by atoms with E-state index in [1.807, 2.05) is 11.8 Å². The minimum atomic E-state index is -4.28. The molecule has 0 unspecified atom stereocenters. The molecule has 0 atom stereocenters. The highest BCUT2D eigenvalue weighted by atomic mass is 19.4. The molecule has 1 saturated heterocycles. The van der Waals surface area contributed by atoms with Gasteiger partial charge in [0.1, 0.15) is 0 Å². The highest BCUT2D eigenvalue weighted by Crippen LogP contribution is 2.30. The summed E-state index contributed by atoms with van der Waals surface area (Å²) in [6, 6.07) is 5.39. The molecule has 1 amide bonds. The second-order valence-corrected chi connectivity index (χ2v) is 5.67. The van der Waals surface area contributed by atoms with E-state index in [-0.39, 0.29) is 5.91 Å². The van der Waals surface area contributed by atoms with Gasteiger partial charge in [-0.15, -0.1) is 0 Å². The monoisotopic (exact) mass is 311 g/mol. The van der Waals surface area contributed by atoms with Gasteiger partial charge in [-0.3, -0.25) is 4.79 Å². The first-order valence-electron chi connectivity index (χ1n) is 7.48. The first-order valence-corrected chi connectivity index (χ1v) is 7.48. The fourth-order valence-electron chi connectivity index (χ4n) is 2.77. The quantitative estimate of drug-likeness (QED) is 0.771. The SMILES string of the molecule is C/C=C/C(=O)N1CCC(Cc2ccc(C(F)(F)F)cc2)CC1. The van der Waals surface area contributed by atoms with E-state index in [0.717, 1.165) is 37.0 Å². The number of nitrogens with zero attached hydrogens (tertiary/aromatic N) is 1. The Kier molecular flexibility index (Phi) is 5.27. The zero-order valence-electron chi connectivity index (χ0n) is 12.6. The number of rotatable bonds is 3. The molecule has 0 radical (unpaired) electrons. The predicted octanol–water partition coefficient (Wildman–Crippen LogP) is 4.06. The van der Waals surface area contributed by atoms with E-state index in [0.29, 0.717) is 19.0 Å². The van der Waals surface area contributed by atoms with E-state index in [2.05, 4.69) is 0 Å². The number of hydrogen-bond acceptors (Lipinski definition) is 1. The lowest BCUT2D eigenvalue weighted by Gasteiger charge is -2.31. The van der Waals surface area contributed by atoms with Gasteiger partial charge in [-0.1, -0.05) is 18.2 Å². The van der Waals surface area contributed by atoms with E-state index in [4.69, 9.17) is 0 Å². The minimum Gasteiger partial charge on any atom is -0.339 e. The second-order valence-electron chi connectivity index (χ2n) is 5.67. The summed E-state index contributed by atoms with van der Waals surface area (Å²) in [6.07, 6.45) is 1.57. The van der Waals surface area contributed by atoms with Gasteiger partial charge in [0, 0.05) is 13.1 Å². The third kappa shape index (κ3) is 4.36. The van der Waals surface area contributed by atoms with Crippen molar-refractivity contribution < 1.29 is 18.0 Å². The van der Waals surface area contributed by atoms with Gasteiger partial charge in [0.2, 0.25) is 5.91 Å². The van der Waals surface area contributed by atoms with Crippen molar-refractivity contribution in [3.05, 3.63) is 47.5 Å². The second kappa shape index (κ2) is 6.99. The van der Waals surface area contributed by atoms with Crippen molar-refractivity contribution in [3.63, 3.8) is 0 Å². The van der Waals surface area contributed by atoms with Crippen molar-refractivity contribution in [1.82, 2.24) is 4.90 Å². The molecular weight excluding hydrogens is 291 g/mol. The highest BCUT2D eigenvalue weighted by Gasteiger charge is 2.30. The molecule has 2 rings (SSSR count). The minimum absolute atomic E-state index is 0.0375. The number of piperidine rings is 1. The van der Waals surface area contributed by atoms with Crippen LogP contribution < -0.4 is 0 Å². The number of amides is 1. The summed E-state index contributed by atoms with van der Waals surface area (Å²) in [5.74, 6) is 0.460. The Labute approximate surface area is 128 Å². The largest absolute Gasteiger partial charge is 0.416 e. The van der Waals surface area contributed by atoms with Gasteiger partial charge in [-0.05, 0) is 55.9 Å². The van der Waals surface area contributed by atoms with E-state index in [9.17, 15) is 18.0 Å². The molecule has 0 spiro atoms. The lowest BCUT2D eigenvalue weighted by molar-refractivity contribution is -0.137. The molecule has 1 aromatic carbocycles. The van der Waals surface area contributed by atoms with Gasteiger partial charge in [-0.25, -0.2) is 0 Å². The van der Waals surface area contributed by atoms with Gasteiger partial charge in [0.15, 0.2) is 0 Å². The maximum Gasteiger partial charge on any atom is 0.416 e. The number of allylic oxidation sites excluding steroid dienone is 1. The molecule has 1 fully saturated rings. The van der Waals surface area contributed by atoms with Crippen LogP contribution in [0, 0.1) is 5.92 Å². The number of halogens is 3. The predicted molar refractivity (Wildman–Crippen MR) is 79.3 cm³/mol. The van der Waals surface area contributed by atoms with Crippen LogP contribution in [0.2, 0.25) is 0 Å². The van der Waals surface area contributed by atoms with Crippen LogP contribution in [-0.4, -0.2) is 23.9 Å². The maximum absolute atomic E-state index is 12.5. The molecule has 2 nitrogen and oxygen atoms in total. The molecular formula is C17H20F3NO. The van der Waals surface area contributed by atoms with Crippen LogP contribution in [0.5, 0.6) is 0 Å². The summed E-state index contributed by atoms with van der Waals surface area (Å²) < 4.78 is 37.6. The molecule has 0 aromatic heterocycles. The third-order valence-corrected chi connectivity index (χ3v) is 4.04. The first kappa shape index (κ1) is 16.6. The summed E-state index contributed by atoms with van der Waals surface area (Å²) in [6.45, 7) is 3.25. The standard InChI is InChI=1S/C17H20F3NO/c1-2-3-16(22)21-10-8-14(9-11-21)12-13-4-6-15(7-5-13)17(18,19)20/h2-7,14H,8-12H2,1H3/b3-2+. The smallest absolute Gasteiger partial charge is 0.339 e. The molecule has 1 heterocycles. The van der Waals surface area contributed by atoms with Gasteiger partial charge >= 0.3 is 6.18 Å². The Bertz CT molecular complexity index is 526. The number of alkyl halides is 3. The summed E-state index contributed by atoms with van der Waals surface area (Å²) >= 11 is 0. The van der Waals surface area contributed by atoms with Crippen LogP contribution in [0.1, 0.15) is 30.9 Å².